The van der Waals surface area contributed by atoms with Gasteiger partial charge in [0.1, 0.15) is 11.6 Å². The van der Waals surface area contributed by atoms with Crippen molar-refractivity contribution >= 4 is 17.5 Å². The summed E-state index contributed by atoms with van der Waals surface area (Å²) >= 11 is 0. The summed E-state index contributed by atoms with van der Waals surface area (Å²) in [6, 6.07) is 5.30. The van der Waals surface area contributed by atoms with Gasteiger partial charge >= 0.3 is 0 Å². The third kappa shape index (κ3) is 2.95. The Morgan fingerprint density at radius 1 is 1.05 bits per heavy atom. The van der Waals surface area contributed by atoms with E-state index in [1.54, 1.807) is 18.3 Å². The molecular formula is C14H17N7O. The van der Waals surface area contributed by atoms with Crippen LogP contribution in [0.4, 0.5) is 11.6 Å². The lowest BCUT2D eigenvalue weighted by molar-refractivity contribution is 0.0994. The maximum absolute atomic E-state index is 11.0. The molecule has 1 aliphatic heterocycles. The van der Waals surface area contributed by atoms with E-state index in [4.69, 9.17) is 5.73 Å². The minimum atomic E-state index is -0.567. The highest BCUT2D eigenvalue weighted by Crippen LogP contribution is 2.16. The summed E-state index contributed by atoms with van der Waals surface area (Å²) in [7, 11) is 0. The van der Waals surface area contributed by atoms with E-state index in [1.165, 1.54) is 0 Å². The van der Waals surface area contributed by atoms with Gasteiger partial charge in [0, 0.05) is 32.4 Å². The van der Waals surface area contributed by atoms with Gasteiger partial charge in [-0.15, -0.1) is 10.2 Å². The predicted octanol–water partition coefficient (Wildman–Crippen LogP) is 0.000520. The van der Waals surface area contributed by atoms with E-state index in [0.717, 1.165) is 43.6 Å². The summed E-state index contributed by atoms with van der Waals surface area (Å²) in [6.45, 7) is 5.20. The average molecular weight is 299 g/mol. The van der Waals surface area contributed by atoms with E-state index < -0.39 is 5.91 Å². The van der Waals surface area contributed by atoms with Crippen LogP contribution in [-0.2, 0) is 0 Å². The highest BCUT2D eigenvalue weighted by atomic mass is 16.1. The van der Waals surface area contributed by atoms with Crippen molar-refractivity contribution in [1.82, 2.24) is 20.2 Å². The van der Waals surface area contributed by atoms with E-state index in [0.29, 0.717) is 0 Å². The molecule has 0 unspecified atom stereocenters. The Morgan fingerprint density at radius 3 is 2.27 bits per heavy atom. The van der Waals surface area contributed by atoms with E-state index >= 15 is 0 Å². The lowest BCUT2D eigenvalue weighted by Crippen LogP contribution is -2.47. The van der Waals surface area contributed by atoms with Crippen LogP contribution in [0.2, 0.25) is 0 Å². The number of hydrogen-bond donors (Lipinski definition) is 1. The molecule has 0 radical (unpaired) electrons. The molecule has 0 spiro atoms. The fraction of sp³-hybridized carbons (Fsp3) is 0.357. The van der Waals surface area contributed by atoms with Gasteiger partial charge in [-0.25, -0.2) is 9.97 Å². The van der Waals surface area contributed by atoms with Crippen LogP contribution < -0.4 is 15.5 Å². The fourth-order valence-corrected chi connectivity index (χ4v) is 2.41. The number of rotatable bonds is 3. The molecule has 2 N–H and O–H groups in total. The third-order valence-corrected chi connectivity index (χ3v) is 3.59. The molecule has 3 rings (SSSR count). The highest BCUT2D eigenvalue weighted by molar-refractivity contribution is 5.90. The molecule has 1 saturated heterocycles. The van der Waals surface area contributed by atoms with Crippen LogP contribution in [0.5, 0.6) is 0 Å². The SMILES string of the molecule is Cc1nccc(N2CCN(c3ccc(C(N)=O)nn3)CC2)n1. The number of carbonyl (C=O) groups is 1. The topological polar surface area (TPSA) is 101 Å². The number of hydrogen-bond acceptors (Lipinski definition) is 7. The number of primary amides is 1. The number of nitrogens with zero attached hydrogens (tertiary/aromatic N) is 6. The number of amides is 1. The van der Waals surface area contributed by atoms with Crippen LogP contribution in [0, 0.1) is 6.92 Å². The molecule has 1 aliphatic rings. The van der Waals surface area contributed by atoms with Gasteiger partial charge in [-0.1, -0.05) is 0 Å². The maximum atomic E-state index is 11.0. The Bertz CT molecular complexity index is 665. The quantitative estimate of drug-likeness (QED) is 0.851. The first-order valence-corrected chi connectivity index (χ1v) is 7.06. The normalized spacial score (nSPS) is 15.0. The average Bonchev–Trinajstić information content (AvgIpc) is 2.55. The Balaban J connectivity index is 1.65. The zero-order valence-corrected chi connectivity index (χ0v) is 12.3. The second-order valence-corrected chi connectivity index (χ2v) is 5.08. The van der Waals surface area contributed by atoms with Crippen molar-refractivity contribution in [1.29, 1.82) is 0 Å². The second-order valence-electron chi connectivity index (χ2n) is 5.08. The second kappa shape index (κ2) is 5.92. The van der Waals surface area contributed by atoms with Gasteiger partial charge in [-0.05, 0) is 25.1 Å². The molecule has 0 saturated carbocycles. The van der Waals surface area contributed by atoms with Gasteiger partial charge in [-0.3, -0.25) is 4.79 Å². The minimum Gasteiger partial charge on any atom is -0.364 e. The monoisotopic (exact) mass is 299 g/mol. The summed E-state index contributed by atoms with van der Waals surface area (Å²) in [5.41, 5.74) is 5.34. The van der Waals surface area contributed by atoms with Gasteiger partial charge < -0.3 is 15.5 Å². The standard InChI is InChI=1S/C14H17N7O/c1-10-16-5-4-12(17-10)20-6-8-21(9-7-20)13-3-2-11(14(15)22)18-19-13/h2-5H,6-9H2,1H3,(H2,15,22). The van der Waals surface area contributed by atoms with Crippen molar-refractivity contribution < 1.29 is 4.79 Å². The Morgan fingerprint density at radius 2 is 1.73 bits per heavy atom. The molecule has 0 aliphatic carbocycles. The van der Waals surface area contributed by atoms with Crippen LogP contribution in [0.25, 0.3) is 0 Å². The predicted molar refractivity (Wildman–Crippen MR) is 81.7 cm³/mol. The van der Waals surface area contributed by atoms with E-state index in [1.807, 2.05) is 13.0 Å². The summed E-state index contributed by atoms with van der Waals surface area (Å²) < 4.78 is 0. The first-order chi connectivity index (χ1) is 10.6. The molecule has 114 valence electrons. The van der Waals surface area contributed by atoms with Gasteiger partial charge in [0.15, 0.2) is 11.5 Å². The molecule has 1 amide bonds. The largest absolute Gasteiger partial charge is 0.364 e. The highest BCUT2D eigenvalue weighted by Gasteiger charge is 2.19. The molecule has 2 aromatic rings. The Labute approximate surface area is 128 Å². The third-order valence-electron chi connectivity index (χ3n) is 3.59. The molecule has 2 aromatic heterocycles. The number of nitrogens with two attached hydrogens (primary N) is 1. The molecule has 1 fully saturated rings. The Kier molecular flexibility index (Phi) is 3.82. The van der Waals surface area contributed by atoms with Crippen LogP contribution in [0.3, 0.4) is 0 Å². The Hall–Kier alpha value is -2.77. The van der Waals surface area contributed by atoms with Crippen molar-refractivity contribution in [3.8, 4) is 0 Å². The van der Waals surface area contributed by atoms with E-state index in [-0.39, 0.29) is 5.69 Å². The number of aromatic nitrogens is 4. The lowest BCUT2D eigenvalue weighted by Gasteiger charge is -2.35. The molecule has 22 heavy (non-hydrogen) atoms. The summed E-state index contributed by atoms with van der Waals surface area (Å²) in [4.78, 5) is 23.9. The van der Waals surface area contributed by atoms with Crippen LogP contribution in [-0.4, -0.2) is 52.3 Å². The van der Waals surface area contributed by atoms with Crippen molar-refractivity contribution in [3.05, 3.63) is 35.9 Å². The van der Waals surface area contributed by atoms with Gasteiger partial charge in [-0.2, -0.15) is 0 Å². The van der Waals surface area contributed by atoms with E-state index in [2.05, 4.69) is 30.0 Å². The van der Waals surface area contributed by atoms with Crippen LogP contribution in [0.15, 0.2) is 24.4 Å². The number of carbonyl (C=O) groups excluding carboxylic acids is 1. The fourth-order valence-electron chi connectivity index (χ4n) is 2.41. The number of anilines is 2. The molecule has 3 heterocycles. The molecule has 8 nitrogen and oxygen atoms in total. The van der Waals surface area contributed by atoms with Crippen molar-refractivity contribution in [3.63, 3.8) is 0 Å². The maximum Gasteiger partial charge on any atom is 0.269 e. The molecule has 0 aromatic carbocycles. The summed E-state index contributed by atoms with van der Waals surface area (Å²) in [6.07, 6.45) is 1.78. The van der Waals surface area contributed by atoms with Gasteiger partial charge in [0.25, 0.3) is 5.91 Å². The zero-order valence-electron chi connectivity index (χ0n) is 12.3. The first-order valence-electron chi connectivity index (χ1n) is 7.06. The molecule has 8 heteroatoms. The van der Waals surface area contributed by atoms with Crippen molar-refractivity contribution in [2.24, 2.45) is 5.73 Å². The number of aryl methyl sites for hydroxylation is 1. The minimum absolute atomic E-state index is 0.179. The van der Waals surface area contributed by atoms with Gasteiger partial charge in [0.2, 0.25) is 0 Å². The first kappa shape index (κ1) is 14.2. The van der Waals surface area contributed by atoms with Crippen LogP contribution in [0.1, 0.15) is 16.3 Å². The van der Waals surface area contributed by atoms with Gasteiger partial charge in [0.05, 0.1) is 0 Å². The smallest absolute Gasteiger partial charge is 0.269 e. The lowest BCUT2D eigenvalue weighted by atomic mass is 10.3. The zero-order chi connectivity index (χ0) is 15.5. The van der Waals surface area contributed by atoms with E-state index in [9.17, 15) is 4.79 Å². The molecular weight excluding hydrogens is 282 g/mol. The van der Waals surface area contributed by atoms with Crippen LogP contribution >= 0.6 is 0 Å². The number of piperazine rings is 1. The summed E-state index contributed by atoms with van der Waals surface area (Å²) in [5, 5.41) is 7.91. The molecule has 0 bridgehead atoms. The summed E-state index contributed by atoms with van der Waals surface area (Å²) in [5.74, 6) is 1.90. The van der Waals surface area contributed by atoms with Crippen molar-refractivity contribution in [2.45, 2.75) is 6.92 Å². The van der Waals surface area contributed by atoms with Crippen molar-refractivity contribution in [2.75, 3.05) is 36.0 Å². The molecule has 0 atom stereocenters.